The van der Waals surface area contributed by atoms with E-state index >= 15 is 0 Å². The molecule has 1 heterocycles. The molecule has 0 saturated carbocycles. The smallest absolute Gasteiger partial charge is 0.323 e. The number of rotatable bonds is 7. The van der Waals surface area contributed by atoms with Crippen LogP contribution in [0.25, 0.3) is 0 Å². The van der Waals surface area contributed by atoms with E-state index < -0.39 is 20.7 Å². The highest BCUT2D eigenvalue weighted by molar-refractivity contribution is 7.80. The van der Waals surface area contributed by atoms with Crippen molar-refractivity contribution in [2.75, 3.05) is 18.8 Å². The Hall–Kier alpha value is 0.570. The Morgan fingerprint density at radius 1 is 1.25 bits per heavy atom. The lowest BCUT2D eigenvalue weighted by atomic mass is 9.90. The molecule has 6 N–H and O–H groups in total. The first-order valence-electron chi connectivity index (χ1n) is 6.34. The maximum atomic E-state index is 11.3. The first kappa shape index (κ1) is 18.6. The van der Waals surface area contributed by atoms with Crippen LogP contribution in [-0.2, 0) is 9.13 Å². The van der Waals surface area contributed by atoms with Crippen molar-refractivity contribution in [1.82, 2.24) is 10.6 Å². The normalized spacial score (nSPS) is 25.1. The summed E-state index contributed by atoms with van der Waals surface area (Å²) < 4.78 is 22.6. The highest BCUT2D eigenvalue weighted by atomic mass is 32.1. The van der Waals surface area contributed by atoms with Crippen molar-refractivity contribution in [3.63, 3.8) is 0 Å². The Morgan fingerprint density at radius 2 is 1.85 bits per heavy atom. The largest absolute Gasteiger partial charge is 0.354 e. The molecule has 0 aromatic rings. The van der Waals surface area contributed by atoms with Gasteiger partial charge in [0.15, 0.2) is 0 Å². The third-order valence-electron chi connectivity index (χ3n) is 3.34. The van der Waals surface area contributed by atoms with Crippen molar-refractivity contribution in [1.29, 1.82) is 0 Å². The summed E-state index contributed by atoms with van der Waals surface area (Å²) in [4.78, 5) is 36.5. The van der Waals surface area contributed by atoms with Crippen LogP contribution in [0, 0.1) is 5.92 Å². The van der Waals surface area contributed by atoms with E-state index in [1.807, 2.05) is 0 Å². The van der Waals surface area contributed by atoms with Gasteiger partial charge in [0.2, 0.25) is 5.52 Å². The van der Waals surface area contributed by atoms with Crippen LogP contribution in [0.5, 0.6) is 0 Å². The Labute approximate surface area is 123 Å². The fourth-order valence-corrected chi connectivity index (χ4v) is 4.90. The van der Waals surface area contributed by atoms with Crippen molar-refractivity contribution in [2.45, 2.75) is 30.8 Å². The molecule has 0 aromatic heterocycles. The van der Waals surface area contributed by atoms with Crippen molar-refractivity contribution in [2.24, 2.45) is 5.92 Å². The molecule has 1 fully saturated rings. The van der Waals surface area contributed by atoms with Crippen LogP contribution in [0.1, 0.15) is 19.3 Å². The monoisotopic (exact) mass is 348 g/mol. The Bertz CT molecular complexity index is 378. The third kappa shape index (κ3) is 5.75. The van der Waals surface area contributed by atoms with Gasteiger partial charge in [0.25, 0.3) is 0 Å². The summed E-state index contributed by atoms with van der Waals surface area (Å²) in [6.45, 7) is 1.30. The number of hydrogen-bond acceptors (Lipinski definition) is 5. The van der Waals surface area contributed by atoms with E-state index in [0.29, 0.717) is 25.3 Å². The molecule has 0 bridgehead atoms. The van der Waals surface area contributed by atoms with Gasteiger partial charge in [-0.05, 0) is 44.0 Å². The second-order valence-corrected chi connectivity index (χ2v) is 9.19. The van der Waals surface area contributed by atoms with Gasteiger partial charge in [-0.2, -0.15) is 12.6 Å². The Morgan fingerprint density at radius 3 is 2.35 bits per heavy atom. The van der Waals surface area contributed by atoms with Gasteiger partial charge >= 0.3 is 15.2 Å². The van der Waals surface area contributed by atoms with E-state index in [4.69, 9.17) is 19.6 Å². The highest BCUT2D eigenvalue weighted by Crippen LogP contribution is 2.58. The predicted octanol–water partition coefficient (Wildman–Crippen LogP) is -0.0969. The summed E-state index contributed by atoms with van der Waals surface area (Å²) in [6, 6.07) is -0.332. The van der Waals surface area contributed by atoms with Crippen LogP contribution >= 0.6 is 27.8 Å². The average Bonchev–Trinajstić information content (AvgIpc) is 2.31. The third-order valence-corrected chi connectivity index (χ3v) is 7.03. The summed E-state index contributed by atoms with van der Waals surface area (Å²) in [5.74, 6) is 0.764. The fraction of sp³-hybridized carbons (Fsp3) is 1.00. The van der Waals surface area contributed by atoms with Crippen LogP contribution in [0.2, 0.25) is 0 Å². The van der Waals surface area contributed by atoms with Crippen molar-refractivity contribution in [3.8, 4) is 0 Å². The number of nitrogens with one attached hydrogen (secondary N) is 2. The van der Waals surface area contributed by atoms with E-state index in [-0.39, 0.29) is 12.0 Å². The summed E-state index contributed by atoms with van der Waals surface area (Å²) in [5.41, 5.74) is -2.13. The Kier molecular flexibility index (Phi) is 7.19. The van der Waals surface area contributed by atoms with Gasteiger partial charge in [0, 0.05) is 6.04 Å². The molecular weight excluding hydrogens is 326 g/mol. The highest BCUT2D eigenvalue weighted by Gasteiger charge is 2.45. The zero-order valence-corrected chi connectivity index (χ0v) is 13.6. The molecule has 120 valence electrons. The summed E-state index contributed by atoms with van der Waals surface area (Å²) >= 11 is 4.12. The average molecular weight is 348 g/mol. The van der Waals surface area contributed by atoms with E-state index in [1.165, 1.54) is 0 Å². The molecule has 1 aliphatic rings. The van der Waals surface area contributed by atoms with Crippen molar-refractivity contribution in [3.05, 3.63) is 0 Å². The minimum atomic E-state index is -4.93. The maximum Gasteiger partial charge on any atom is 0.354 e. The molecule has 8 nitrogen and oxygen atoms in total. The summed E-state index contributed by atoms with van der Waals surface area (Å²) in [5, 5.41) is 5.68. The lowest BCUT2D eigenvalue weighted by molar-refractivity contribution is 0.248. The van der Waals surface area contributed by atoms with E-state index in [9.17, 15) is 9.13 Å². The molecular formula is C9H22N2O6P2S. The standard InChI is InChI=1S/C9H22N2O6P2S/c12-18(13,14)9(19(15,16)17)11-8-3-4-10-6-7(8)2-1-5-20/h7-11,20H,1-6H2,(H2,12,13,14)(H2,15,16,17). The van der Waals surface area contributed by atoms with Gasteiger partial charge < -0.3 is 24.9 Å². The van der Waals surface area contributed by atoms with Gasteiger partial charge in [-0.25, -0.2) is 0 Å². The zero-order valence-electron chi connectivity index (χ0n) is 10.9. The summed E-state index contributed by atoms with van der Waals surface area (Å²) in [7, 11) is -9.85. The van der Waals surface area contributed by atoms with Gasteiger partial charge in [0.1, 0.15) is 0 Å². The van der Waals surface area contributed by atoms with Gasteiger partial charge in [-0.15, -0.1) is 0 Å². The first-order valence-corrected chi connectivity index (χ1v) is 10.3. The molecule has 0 spiro atoms. The van der Waals surface area contributed by atoms with Crippen LogP contribution in [0.3, 0.4) is 0 Å². The Balaban J connectivity index is 2.79. The molecule has 1 rings (SSSR count). The molecule has 0 radical (unpaired) electrons. The first-order chi connectivity index (χ1) is 9.16. The molecule has 2 unspecified atom stereocenters. The molecule has 0 amide bonds. The number of thiol groups is 1. The zero-order chi connectivity index (χ0) is 15.4. The summed E-state index contributed by atoms with van der Waals surface area (Å²) in [6.07, 6.45) is 2.18. The van der Waals surface area contributed by atoms with Crippen LogP contribution in [0.15, 0.2) is 0 Å². The second-order valence-electron chi connectivity index (χ2n) is 4.94. The van der Waals surface area contributed by atoms with Crippen LogP contribution in [0.4, 0.5) is 0 Å². The molecule has 1 saturated heterocycles. The van der Waals surface area contributed by atoms with Crippen molar-refractivity contribution >= 4 is 27.8 Å². The van der Waals surface area contributed by atoms with E-state index in [0.717, 1.165) is 12.8 Å². The molecule has 20 heavy (non-hydrogen) atoms. The SMILES string of the molecule is O=P(O)(O)C(NC1CCNCC1CCCS)P(=O)(O)O. The second kappa shape index (κ2) is 7.72. The lowest BCUT2D eigenvalue weighted by Crippen LogP contribution is -2.50. The van der Waals surface area contributed by atoms with Crippen LogP contribution < -0.4 is 10.6 Å². The van der Waals surface area contributed by atoms with E-state index in [1.54, 1.807) is 0 Å². The van der Waals surface area contributed by atoms with Crippen molar-refractivity contribution < 1.29 is 28.7 Å². The predicted molar refractivity (Wildman–Crippen MR) is 78.9 cm³/mol. The minimum Gasteiger partial charge on any atom is -0.323 e. The molecule has 0 aromatic carbocycles. The minimum absolute atomic E-state index is 0.0662. The molecule has 1 aliphatic heterocycles. The molecule has 2 atom stereocenters. The quantitative estimate of drug-likeness (QED) is 0.250. The fourth-order valence-electron chi connectivity index (χ4n) is 2.38. The molecule has 11 heteroatoms. The van der Waals surface area contributed by atoms with E-state index in [2.05, 4.69) is 23.3 Å². The van der Waals surface area contributed by atoms with Gasteiger partial charge in [-0.3, -0.25) is 14.4 Å². The van der Waals surface area contributed by atoms with Gasteiger partial charge in [-0.1, -0.05) is 0 Å². The number of hydrogen-bond donors (Lipinski definition) is 7. The van der Waals surface area contributed by atoms with Crippen LogP contribution in [-0.4, -0.2) is 50.0 Å². The topological polar surface area (TPSA) is 139 Å². The lowest BCUT2D eigenvalue weighted by Gasteiger charge is -2.35. The van der Waals surface area contributed by atoms with Gasteiger partial charge in [0.05, 0.1) is 0 Å². The molecule has 0 aliphatic carbocycles. The maximum absolute atomic E-state index is 11.3. The number of piperidine rings is 1.